The first-order valence-electron chi connectivity index (χ1n) is 5.36. The van der Waals surface area contributed by atoms with Crippen LogP contribution in [-0.4, -0.2) is 28.0 Å². The van der Waals surface area contributed by atoms with E-state index in [1.807, 2.05) is 6.07 Å². The summed E-state index contributed by atoms with van der Waals surface area (Å²) < 4.78 is 4.60. The van der Waals surface area contributed by atoms with Crippen LogP contribution >= 0.6 is 0 Å². The van der Waals surface area contributed by atoms with E-state index in [-0.39, 0.29) is 11.1 Å². The quantitative estimate of drug-likeness (QED) is 0.765. The standard InChI is InChI=1S/C12H15N3O2/c1-12(2,3)9-5-7-10(15-9)14-8(6-13-7)11(16)17-4/h5-6H,1-4H3,(H,14,15). The van der Waals surface area contributed by atoms with Crippen molar-refractivity contribution in [3.8, 4) is 0 Å². The highest BCUT2D eigenvalue weighted by molar-refractivity contribution is 5.88. The van der Waals surface area contributed by atoms with Gasteiger partial charge in [0.25, 0.3) is 0 Å². The molecule has 2 rings (SSSR count). The SMILES string of the molecule is COC(=O)c1cnc2cc(C(C)(C)C)[nH]c2n1. The van der Waals surface area contributed by atoms with Crippen LogP contribution in [0.1, 0.15) is 37.0 Å². The molecule has 0 radical (unpaired) electrons. The van der Waals surface area contributed by atoms with E-state index in [0.717, 1.165) is 11.2 Å². The highest BCUT2D eigenvalue weighted by atomic mass is 16.5. The van der Waals surface area contributed by atoms with Gasteiger partial charge in [0.2, 0.25) is 0 Å². The van der Waals surface area contributed by atoms with Crippen molar-refractivity contribution >= 4 is 17.1 Å². The van der Waals surface area contributed by atoms with Gasteiger partial charge in [-0.15, -0.1) is 0 Å². The molecule has 5 heteroatoms. The molecule has 0 aliphatic heterocycles. The van der Waals surface area contributed by atoms with Gasteiger partial charge in [-0.25, -0.2) is 9.78 Å². The average molecular weight is 233 g/mol. The van der Waals surface area contributed by atoms with Gasteiger partial charge < -0.3 is 9.72 Å². The van der Waals surface area contributed by atoms with Crippen molar-refractivity contribution in [3.05, 3.63) is 23.7 Å². The van der Waals surface area contributed by atoms with E-state index in [9.17, 15) is 4.79 Å². The molecule has 2 heterocycles. The van der Waals surface area contributed by atoms with Gasteiger partial charge in [0.15, 0.2) is 11.3 Å². The molecule has 0 fully saturated rings. The second-order valence-electron chi connectivity index (χ2n) is 4.91. The molecular formula is C12H15N3O2. The number of ether oxygens (including phenoxy) is 1. The average Bonchev–Trinajstić information content (AvgIpc) is 2.70. The smallest absolute Gasteiger partial charge is 0.358 e. The molecule has 1 N–H and O–H groups in total. The van der Waals surface area contributed by atoms with E-state index in [1.165, 1.54) is 13.3 Å². The maximum atomic E-state index is 11.3. The lowest BCUT2D eigenvalue weighted by Gasteiger charge is -2.15. The van der Waals surface area contributed by atoms with Crippen molar-refractivity contribution in [2.45, 2.75) is 26.2 Å². The number of nitrogens with zero attached hydrogens (tertiary/aromatic N) is 2. The number of aromatic amines is 1. The van der Waals surface area contributed by atoms with E-state index in [0.29, 0.717) is 5.65 Å². The second-order valence-corrected chi connectivity index (χ2v) is 4.91. The first-order valence-corrected chi connectivity index (χ1v) is 5.36. The lowest BCUT2D eigenvalue weighted by Crippen LogP contribution is -2.11. The molecule has 0 spiro atoms. The van der Waals surface area contributed by atoms with E-state index < -0.39 is 5.97 Å². The Balaban J connectivity index is 2.52. The van der Waals surface area contributed by atoms with E-state index >= 15 is 0 Å². The normalized spacial score (nSPS) is 11.8. The van der Waals surface area contributed by atoms with Crippen LogP contribution in [0, 0.1) is 0 Å². The predicted octanol–water partition coefficient (Wildman–Crippen LogP) is 2.04. The van der Waals surface area contributed by atoms with E-state index in [1.54, 1.807) is 0 Å². The van der Waals surface area contributed by atoms with Crippen LogP contribution < -0.4 is 0 Å². The molecule has 0 aliphatic carbocycles. The highest BCUT2D eigenvalue weighted by Gasteiger charge is 2.18. The van der Waals surface area contributed by atoms with Crippen LogP contribution in [0.4, 0.5) is 0 Å². The summed E-state index contributed by atoms with van der Waals surface area (Å²) >= 11 is 0. The Bertz CT molecular complexity index is 567. The second kappa shape index (κ2) is 3.84. The van der Waals surface area contributed by atoms with Gasteiger partial charge in [-0.1, -0.05) is 20.8 Å². The summed E-state index contributed by atoms with van der Waals surface area (Å²) in [5, 5.41) is 0. The van der Waals surface area contributed by atoms with Crippen molar-refractivity contribution in [1.82, 2.24) is 15.0 Å². The number of aromatic nitrogens is 3. The summed E-state index contributed by atoms with van der Waals surface area (Å²) in [7, 11) is 1.32. The number of carbonyl (C=O) groups is 1. The predicted molar refractivity (Wildman–Crippen MR) is 63.9 cm³/mol. The number of carbonyl (C=O) groups excluding carboxylic acids is 1. The molecule has 2 aromatic rings. The lowest BCUT2D eigenvalue weighted by molar-refractivity contribution is 0.0594. The number of hydrogen-bond acceptors (Lipinski definition) is 4. The third kappa shape index (κ3) is 2.13. The van der Waals surface area contributed by atoms with Gasteiger partial charge in [0.05, 0.1) is 13.3 Å². The maximum Gasteiger partial charge on any atom is 0.358 e. The maximum absolute atomic E-state index is 11.3. The molecule has 0 saturated carbocycles. The van der Waals surface area contributed by atoms with E-state index in [2.05, 4.69) is 40.5 Å². The Kier molecular flexibility index (Phi) is 2.61. The fourth-order valence-corrected chi connectivity index (χ4v) is 1.50. The topological polar surface area (TPSA) is 67.9 Å². The van der Waals surface area contributed by atoms with Crippen molar-refractivity contribution in [2.24, 2.45) is 0 Å². The number of hydrogen-bond donors (Lipinski definition) is 1. The Morgan fingerprint density at radius 2 is 2.12 bits per heavy atom. The highest BCUT2D eigenvalue weighted by Crippen LogP contribution is 2.23. The van der Waals surface area contributed by atoms with Crippen molar-refractivity contribution in [3.63, 3.8) is 0 Å². The minimum Gasteiger partial charge on any atom is -0.464 e. The third-order valence-electron chi connectivity index (χ3n) is 2.54. The Labute approximate surface area is 99.2 Å². The number of H-pyrrole nitrogens is 1. The fraction of sp³-hybridized carbons (Fsp3) is 0.417. The van der Waals surface area contributed by atoms with Gasteiger partial charge in [-0.2, -0.15) is 0 Å². The fourth-order valence-electron chi connectivity index (χ4n) is 1.50. The Hall–Kier alpha value is -1.91. The largest absolute Gasteiger partial charge is 0.464 e. The summed E-state index contributed by atoms with van der Waals surface area (Å²) in [4.78, 5) is 22.9. The number of rotatable bonds is 1. The lowest BCUT2D eigenvalue weighted by atomic mass is 9.93. The molecule has 0 unspecified atom stereocenters. The first-order chi connectivity index (χ1) is 7.91. The van der Waals surface area contributed by atoms with Crippen LogP contribution in [0.5, 0.6) is 0 Å². The van der Waals surface area contributed by atoms with Gasteiger partial charge in [0.1, 0.15) is 5.52 Å². The minimum absolute atomic E-state index is 0.00614. The van der Waals surface area contributed by atoms with E-state index in [4.69, 9.17) is 0 Å². The summed E-state index contributed by atoms with van der Waals surface area (Å²) in [6, 6.07) is 1.95. The summed E-state index contributed by atoms with van der Waals surface area (Å²) in [5.41, 5.74) is 2.60. The number of nitrogens with one attached hydrogen (secondary N) is 1. The zero-order valence-corrected chi connectivity index (χ0v) is 10.4. The van der Waals surface area contributed by atoms with Crippen molar-refractivity contribution in [1.29, 1.82) is 0 Å². The molecule has 5 nitrogen and oxygen atoms in total. The van der Waals surface area contributed by atoms with Gasteiger partial charge in [0, 0.05) is 11.1 Å². The number of methoxy groups -OCH3 is 1. The zero-order chi connectivity index (χ0) is 12.6. The monoisotopic (exact) mass is 233 g/mol. The van der Waals surface area contributed by atoms with Crippen LogP contribution in [0.2, 0.25) is 0 Å². The molecule has 0 atom stereocenters. The van der Waals surface area contributed by atoms with Gasteiger partial charge in [-0.3, -0.25) is 4.98 Å². The molecule has 0 saturated heterocycles. The third-order valence-corrected chi connectivity index (χ3v) is 2.54. The Morgan fingerprint density at radius 3 is 2.71 bits per heavy atom. The van der Waals surface area contributed by atoms with Gasteiger partial charge >= 0.3 is 5.97 Å². The molecule has 17 heavy (non-hydrogen) atoms. The molecule has 0 aromatic carbocycles. The van der Waals surface area contributed by atoms with Crippen molar-refractivity contribution in [2.75, 3.05) is 7.11 Å². The summed E-state index contributed by atoms with van der Waals surface area (Å²) in [6.45, 7) is 6.29. The molecular weight excluding hydrogens is 218 g/mol. The minimum atomic E-state index is -0.480. The summed E-state index contributed by atoms with van der Waals surface area (Å²) in [6.07, 6.45) is 1.43. The molecule has 0 bridgehead atoms. The molecule has 0 aliphatic rings. The van der Waals surface area contributed by atoms with Crippen molar-refractivity contribution < 1.29 is 9.53 Å². The van der Waals surface area contributed by atoms with Gasteiger partial charge in [-0.05, 0) is 6.07 Å². The zero-order valence-electron chi connectivity index (χ0n) is 10.4. The molecule has 0 amide bonds. The number of esters is 1. The van der Waals surface area contributed by atoms with Crippen LogP contribution in [0.3, 0.4) is 0 Å². The molecule has 90 valence electrons. The van der Waals surface area contributed by atoms with Crippen LogP contribution in [-0.2, 0) is 10.2 Å². The van der Waals surface area contributed by atoms with Crippen LogP contribution in [0.15, 0.2) is 12.3 Å². The Morgan fingerprint density at radius 1 is 1.41 bits per heavy atom. The molecule has 2 aromatic heterocycles. The van der Waals surface area contributed by atoms with Crippen LogP contribution in [0.25, 0.3) is 11.2 Å². The summed E-state index contributed by atoms with van der Waals surface area (Å²) in [5.74, 6) is -0.480. The first kappa shape index (κ1) is 11.6. The number of fused-ring (bicyclic) bond motifs is 1.